The molecule has 3 rings (SSSR count). The highest BCUT2D eigenvalue weighted by molar-refractivity contribution is 8.00. The molecule has 6 heteroatoms. The Balaban J connectivity index is 1.91. The molecule has 2 aromatic carbocycles. The lowest BCUT2D eigenvalue weighted by molar-refractivity contribution is -0.115. The van der Waals surface area contributed by atoms with Crippen molar-refractivity contribution in [3.05, 3.63) is 52.0 Å². The molecular formula is C20H21ClN2O2S. The summed E-state index contributed by atoms with van der Waals surface area (Å²) in [6, 6.07) is 9.21. The number of halogens is 1. The molecule has 1 unspecified atom stereocenters. The van der Waals surface area contributed by atoms with E-state index in [-0.39, 0.29) is 17.1 Å². The van der Waals surface area contributed by atoms with Crippen molar-refractivity contribution < 1.29 is 9.59 Å². The first-order chi connectivity index (χ1) is 12.4. The zero-order chi connectivity index (χ0) is 18.8. The van der Waals surface area contributed by atoms with E-state index in [2.05, 4.69) is 10.6 Å². The summed E-state index contributed by atoms with van der Waals surface area (Å²) in [5, 5.41) is 6.41. The number of hydrogen-bond donors (Lipinski definition) is 2. The van der Waals surface area contributed by atoms with Gasteiger partial charge in [0.05, 0.1) is 10.9 Å². The van der Waals surface area contributed by atoms with Crippen LogP contribution in [0.15, 0.2) is 35.2 Å². The maximum absolute atomic E-state index is 12.8. The van der Waals surface area contributed by atoms with E-state index < -0.39 is 0 Å². The van der Waals surface area contributed by atoms with Crippen molar-refractivity contribution >= 4 is 46.6 Å². The molecule has 26 heavy (non-hydrogen) atoms. The Hall–Kier alpha value is -1.98. The van der Waals surface area contributed by atoms with E-state index in [1.807, 2.05) is 39.0 Å². The second kappa shape index (κ2) is 7.72. The molecular weight excluding hydrogens is 368 g/mol. The molecule has 4 nitrogen and oxygen atoms in total. The number of anilines is 2. The lowest BCUT2D eigenvalue weighted by atomic mass is 10.0. The normalized spacial score (nSPS) is 16.0. The topological polar surface area (TPSA) is 58.2 Å². The van der Waals surface area contributed by atoms with Crippen LogP contribution in [0.25, 0.3) is 0 Å². The van der Waals surface area contributed by atoms with Crippen LogP contribution in [0.5, 0.6) is 0 Å². The maximum Gasteiger partial charge on any atom is 0.255 e. The smallest absolute Gasteiger partial charge is 0.255 e. The second-order valence-electron chi connectivity index (χ2n) is 6.18. The Labute approximate surface area is 162 Å². The number of nitrogens with one attached hydrogen (secondary N) is 2. The number of carbonyl (C=O) groups excluding carboxylic acids is 2. The third-order valence-corrected chi connectivity index (χ3v) is 6.02. The van der Waals surface area contributed by atoms with Crippen LogP contribution in [-0.2, 0) is 17.6 Å². The van der Waals surface area contributed by atoms with E-state index in [9.17, 15) is 9.59 Å². The van der Waals surface area contributed by atoms with E-state index in [0.717, 1.165) is 34.6 Å². The Bertz CT molecular complexity index is 882. The molecule has 0 spiro atoms. The van der Waals surface area contributed by atoms with Gasteiger partial charge in [0.2, 0.25) is 5.91 Å². The molecule has 0 fully saturated rings. The van der Waals surface area contributed by atoms with Crippen molar-refractivity contribution in [2.24, 2.45) is 0 Å². The first kappa shape index (κ1) is 18.8. The van der Waals surface area contributed by atoms with E-state index in [4.69, 9.17) is 11.6 Å². The van der Waals surface area contributed by atoms with Gasteiger partial charge in [-0.05, 0) is 55.2 Å². The summed E-state index contributed by atoms with van der Waals surface area (Å²) in [6.45, 7) is 5.93. The van der Waals surface area contributed by atoms with Gasteiger partial charge in [0, 0.05) is 21.2 Å². The number of hydrogen-bond acceptors (Lipinski definition) is 3. The van der Waals surface area contributed by atoms with Crippen LogP contribution in [0, 0.1) is 0 Å². The third kappa shape index (κ3) is 3.60. The number of benzene rings is 2. The highest BCUT2D eigenvalue weighted by atomic mass is 35.5. The second-order valence-corrected chi connectivity index (χ2v) is 7.97. The molecule has 1 heterocycles. The Kier molecular flexibility index (Phi) is 5.58. The number of aryl methyl sites for hydroxylation is 1. The molecule has 2 amide bonds. The quantitative estimate of drug-likeness (QED) is 0.761. The number of amides is 2. The van der Waals surface area contributed by atoms with Gasteiger partial charge < -0.3 is 10.6 Å². The molecule has 0 saturated heterocycles. The van der Waals surface area contributed by atoms with Gasteiger partial charge in [-0.3, -0.25) is 9.59 Å². The molecule has 2 N–H and O–H groups in total. The van der Waals surface area contributed by atoms with E-state index in [0.29, 0.717) is 16.3 Å². The van der Waals surface area contributed by atoms with Crippen molar-refractivity contribution in [3.63, 3.8) is 0 Å². The van der Waals surface area contributed by atoms with Gasteiger partial charge >= 0.3 is 0 Å². The summed E-state index contributed by atoms with van der Waals surface area (Å²) < 4.78 is 0. The lowest BCUT2D eigenvalue weighted by Gasteiger charge is -2.22. The number of carbonyl (C=O) groups is 2. The summed E-state index contributed by atoms with van der Waals surface area (Å²) in [6.07, 6.45) is 1.53. The van der Waals surface area contributed by atoms with Crippen LogP contribution in [0.1, 0.15) is 42.3 Å². The van der Waals surface area contributed by atoms with Crippen LogP contribution in [0.3, 0.4) is 0 Å². The molecule has 0 aromatic heterocycles. The third-order valence-electron chi connectivity index (χ3n) is 4.49. The summed E-state index contributed by atoms with van der Waals surface area (Å²) in [4.78, 5) is 25.7. The Morgan fingerprint density at radius 1 is 1.23 bits per heavy atom. The van der Waals surface area contributed by atoms with Crippen LogP contribution >= 0.6 is 23.4 Å². The van der Waals surface area contributed by atoms with Crippen LogP contribution in [0.4, 0.5) is 11.4 Å². The molecule has 1 aliphatic rings. The minimum absolute atomic E-state index is 0.0450. The van der Waals surface area contributed by atoms with Gasteiger partial charge in [-0.1, -0.05) is 31.5 Å². The predicted molar refractivity (Wildman–Crippen MR) is 109 cm³/mol. The minimum atomic E-state index is -0.211. The Morgan fingerprint density at radius 2 is 2.00 bits per heavy atom. The Morgan fingerprint density at radius 3 is 2.69 bits per heavy atom. The molecule has 136 valence electrons. The van der Waals surface area contributed by atoms with Crippen molar-refractivity contribution in [2.75, 3.05) is 10.6 Å². The van der Waals surface area contributed by atoms with E-state index in [1.165, 1.54) is 11.8 Å². The van der Waals surface area contributed by atoms with Crippen molar-refractivity contribution in [1.82, 2.24) is 0 Å². The van der Waals surface area contributed by atoms with Crippen molar-refractivity contribution in [2.45, 2.75) is 43.8 Å². The van der Waals surface area contributed by atoms with Gasteiger partial charge in [-0.25, -0.2) is 0 Å². The fourth-order valence-corrected chi connectivity index (χ4v) is 4.22. The van der Waals surface area contributed by atoms with Crippen LogP contribution < -0.4 is 10.6 Å². The molecule has 0 radical (unpaired) electrons. The molecule has 0 bridgehead atoms. The number of rotatable bonds is 4. The van der Waals surface area contributed by atoms with Crippen molar-refractivity contribution in [1.29, 1.82) is 0 Å². The highest BCUT2D eigenvalue weighted by Gasteiger charge is 2.24. The number of thioether (sulfide) groups is 1. The summed E-state index contributed by atoms with van der Waals surface area (Å²) in [5.74, 6) is -0.256. The largest absolute Gasteiger partial charge is 0.324 e. The highest BCUT2D eigenvalue weighted by Crippen LogP contribution is 2.36. The molecule has 0 aliphatic carbocycles. The van der Waals surface area contributed by atoms with Gasteiger partial charge in [-0.2, -0.15) is 0 Å². The minimum Gasteiger partial charge on any atom is -0.324 e. The van der Waals surface area contributed by atoms with Gasteiger partial charge in [0.1, 0.15) is 0 Å². The molecule has 1 atom stereocenters. The molecule has 1 aliphatic heterocycles. The predicted octanol–water partition coefficient (Wildman–Crippen LogP) is 5.15. The summed E-state index contributed by atoms with van der Waals surface area (Å²) >= 11 is 7.81. The zero-order valence-electron chi connectivity index (χ0n) is 15.0. The van der Waals surface area contributed by atoms with Crippen LogP contribution in [0.2, 0.25) is 5.02 Å². The first-order valence-corrected chi connectivity index (χ1v) is 9.93. The van der Waals surface area contributed by atoms with E-state index >= 15 is 0 Å². The van der Waals surface area contributed by atoms with E-state index in [1.54, 1.807) is 12.1 Å². The summed E-state index contributed by atoms with van der Waals surface area (Å²) in [5.41, 5.74) is 3.97. The number of fused-ring (bicyclic) bond motifs is 1. The zero-order valence-corrected chi connectivity index (χ0v) is 16.6. The average Bonchev–Trinajstić information content (AvgIpc) is 2.62. The molecule has 0 saturated carbocycles. The molecule has 2 aromatic rings. The maximum atomic E-state index is 12.8. The summed E-state index contributed by atoms with van der Waals surface area (Å²) in [7, 11) is 0. The van der Waals surface area contributed by atoms with Gasteiger partial charge in [-0.15, -0.1) is 11.8 Å². The first-order valence-electron chi connectivity index (χ1n) is 8.67. The SMILES string of the molecule is CCc1ccc(Cl)c(CC)c1NC(=O)c1ccc2c(c1)NC(=O)C(C)S2. The van der Waals surface area contributed by atoms with Gasteiger partial charge in [0.15, 0.2) is 0 Å². The fourth-order valence-electron chi connectivity index (χ4n) is 3.00. The van der Waals surface area contributed by atoms with Gasteiger partial charge in [0.25, 0.3) is 5.91 Å². The standard InChI is InChI=1S/C20H21ClN2O2S/c1-4-12-6-8-15(21)14(5-2)18(12)23-20(25)13-7-9-17-16(10-13)22-19(24)11(3)26-17/h6-11H,4-5H2,1-3H3,(H,22,24)(H,23,25). The van der Waals surface area contributed by atoms with Crippen LogP contribution in [-0.4, -0.2) is 17.1 Å². The average molecular weight is 389 g/mol. The monoisotopic (exact) mass is 388 g/mol. The fraction of sp³-hybridized carbons (Fsp3) is 0.300. The lowest BCUT2D eigenvalue weighted by Crippen LogP contribution is -2.26. The van der Waals surface area contributed by atoms with Crippen molar-refractivity contribution in [3.8, 4) is 0 Å².